The van der Waals surface area contributed by atoms with Crippen LogP contribution in [0.25, 0.3) is 10.9 Å². The quantitative estimate of drug-likeness (QED) is 0.880. The van der Waals surface area contributed by atoms with Crippen LogP contribution < -0.4 is 4.74 Å². The van der Waals surface area contributed by atoms with Crippen molar-refractivity contribution in [3.05, 3.63) is 29.5 Å². The molecule has 94 valence electrons. The second-order valence-electron chi connectivity index (χ2n) is 4.75. The Kier molecular flexibility index (Phi) is 2.82. The third kappa shape index (κ3) is 1.80. The number of aromatic amines is 1. The second-order valence-corrected chi connectivity index (χ2v) is 4.75. The van der Waals surface area contributed by atoms with Crippen LogP contribution in [0.15, 0.2) is 23.2 Å². The molecule has 2 heterocycles. The van der Waals surface area contributed by atoms with Gasteiger partial charge in [0.2, 0.25) is 0 Å². The highest BCUT2D eigenvalue weighted by Crippen LogP contribution is 2.29. The molecule has 0 spiro atoms. The molecule has 0 bridgehead atoms. The van der Waals surface area contributed by atoms with E-state index in [1.54, 1.807) is 0 Å². The zero-order chi connectivity index (χ0) is 12.5. The number of rotatable bonds is 3. The van der Waals surface area contributed by atoms with Crippen molar-refractivity contribution < 1.29 is 4.74 Å². The molecule has 1 aromatic heterocycles. The van der Waals surface area contributed by atoms with Crippen molar-refractivity contribution in [2.45, 2.75) is 26.7 Å². The van der Waals surface area contributed by atoms with Crippen molar-refractivity contribution in [1.82, 2.24) is 4.98 Å². The summed E-state index contributed by atoms with van der Waals surface area (Å²) in [6.45, 7) is 5.86. The lowest BCUT2D eigenvalue weighted by molar-refractivity contribution is 0.318. The van der Waals surface area contributed by atoms with Crippen LogP contribution in [0, 0.1) is 0 Å². The standard InChI is InChI=1S/C15H18N2O/c1-3-8-18-11-4-5-12-13-6-7-16-10(2)15(13)17-14(12)9-11/h4-5,9,17H,3,6-8H2,1-2H3. The van der Waals surface area contributed by atoms with Crippen LogP contribution in [-0.2, 0) is 6.42 Å². The highest BCUT2D eigenvalue weighted by atomic mass is 16.5. The van der Waals surface area contributed by atoms with Crippen molar-refractivity contribution in [2.75, 3.05) is 13.2 Å². The molecule has 3 nitrogen and oxygen atoms in total. The smallest absolute Gasteiger partial charge is 0.121 e. The van der Waals surface area contributed by atoms with Gasteiger partial charge in [0, 0.05) is 23.5 Å². The Morgan fingerprint density at radius 2 is 2.28 bits per heavy atom. The van der Waals surface area contributed by atoms with Crippen LogP contribution in [0.1, 0.15) is 31.5 Å². The number of hydrogen-bond donors (Lipinski definition) is 1. The van der Waals surface area contributed by atoms with E-state index in [1.165, 1.54) is 16.6 Å². The summed E-state index contributed by atoms with van der Waals surface area (Å²) in [4.78, 5) is 7.96. The topological polar surface area (TPSA) is 37.4 Å². The maximum atomic E-state index is 5.67. The normalized spacial score (nSPS) is 14.4. The van der Waals surface area contributed by atoms with Gasteiger partial charge in [0.1, 0.15) is 5.75 Å². The summed E-state index contributed by atoms with van der Waals surface area (Å²) < 4.78 is 5.67. The molecule has 0 radical (unpaired) electrons. The number of fused-ring (bicyclic) bond motifs is 3. The highest BCUT2D eigenvalue weighted by molar-refractivity contribution is 6.05. The molecule has 1 aromatic carbocycles. The summed E-state index contributed by atoms with van der Waals surface area (Å²) >= 11 is 0. The molecule has 0 aliphatic carbocycles. The molecule has 3 rings (SSSR count). The fourth-order valence-corrected chi connectivity index (χ4v) is 2.53. The summed E-state index contributed by atoms with van der Waals surface area (Å²) in [5.74, 6) is 0.942. The molecule has 3 heteroatoms. The number of nitrogens with one attached hydrogen (secondary N) is 1. The van der Waals surface area contributed by atoms with Crippen LogP contribution in [-0.4, -0.2) is 23.8 Å². The molecule has 0 fully saturated rings. The van der Waals surface area contributed by atoms with E-state index in [0.29, 0.717) is 0 Å². The van der Waals surface area contributed by atoms with Gasteiger partial charge in [-0.2, -0.15) is 0 Å². The Labute approximate surface area is 107 Å². The molecule has 0 atom stereocenters. The Bertz CT molecular complexity index is 610. The SMILES string of the molecule is CCCOc1ccc2c3c([nH]c2c1)C(C)=NCC3. The van der Waals surface area contributed by atoms with Crippen LogP contribution in [0.2, 0.25) is 0 Å². The lowest BCUT2D eigenvalue weighted by Crippen LogP contribution is -2.08. The summed E-state index contributed by atoms with van der Waals surface area (Å²) in [5, 5.41) is 1.31. The summed E-state index contributed by atoms with van der Waals surface area (Å²) in [5.41, 5.74) is 4.87. The zero-order valence-electron chi connectivity index (χ0n) is 10.9. The minimum Gasteiger partial charge on any atom is -0.494 e. The number of nitrogens with zero attached hydrogens (tertiary/aromatic N) is 1. The number of aliphatic imine (C=N–C) groups is 1. The predicted octanol–water partition coefficient (Wildman–Crippen LogP) is 3.32. The van der Waals surface area contributed by atoms with Gasteiger partial charge in [0.05, 0.1) is 18.0 Å². The number of H-pyrrole nitrogens is 1. The first kappa shape index (κ1) is 11.3. The van der Waals surface area contributed by atoms with Crippen LogP contribution >= 0.6 is 0 Å². The van der Waals surface area contributed by atoms with E-state index in [4.69, 9.17) is 4.74 Å². The number of aromatic nitrogens is 1. The Hall–Kier alpha value is -1.77. The predicted molar refractivity (Wildman–Crippen MR) is 74.9 cm³/mol. The number of hydrogen-bond acceptors (Lipinski definition) is 2. The van der Waals surface area contributed by atoms with E-state index in [-0.39, 0.29) is 0 Å². The highest BCUT2D eigenvalue weighted by Gasteiger charge is 2.16. The fourth-order valence-electron chi connectivity index (χ4n) is 2.53. The van der Waals surface area contributed by atoms with Gasteiger partial charge in [0.15, 0.2) is 0 Å². The second kappa shape index (κ2) is 4.48. The van der Waals surface area contributed by atoms with Gasteiger partial charge in [-0.15, -0.1) is 0 Å². The van der Waals surface area contributed by atoms with Crippen molar-refractivity contribution >= 4 is 16.6 Å². The molecular formula is C15H18N2O. The molecule has 1 aliphatic heterocycles. The van der Waals surface area contributed by atoms with E-state index < -0.39 is 0 Å². The first-order chi connectivity index (χ1) is 8.79. The molecule has 0 unspecified atom stereocenters. The Morgan fingerprint density at radius 3 is 3.11 bits per heavy atom. The molecule has 1 N–H and O–H groups in total. The van der Waals surface area contributed by atoms with Crippen LogP contribution in [0.5, 0.6) is 5.75 Å². The molecule has 18 heavy (non-hydrogen) atoms. The van der Waals surface area contributed by atoms with Crippen molar-refractivity contribution in [3.8, 4) is 5.75 Å². The van der Waals surface area contributed by atoms with Crippen molar-refractivity contribution in [3.63, 3.8) is 0 Å². The number of benzene rings is 1. The van der Waals surface area contributed by atoms with Crippen LogP contribution in [0.3, 0.4) is 0 Å². The summed E-state index contributed by atoms with van der Waals surface area (Å²) in [7, 11) is 0. The minimum absolute atomic E-state index is 0.770. The van der Waals surface area contributed by atoms with Gasteiger partial charge in [-0.25, -0.2) is 0 Å². The lowest BCUT2D eigenvalue weighted by Gasteiger charge is -2.09. The molecule has 2 aromatic rings. The molecule has 1 aliphatic rings. The van der Waals surface area contributed by atoms with Crippen molar-refractivity contribution in [2.24, 2.45) is 4.99 Å². The molecule has 0 saturated carbocycles. The van der Waals surface area contributed by atoms with Gasteiger partial charge < -0.3 is 9.72 Å². The molecule has 0 saturated heterocycles. The van der Waals surface area contributed by atoms with Gasteiger partial charge in [-0.05, 0) is 37.5 Å². The fraction of sp³-hybridized carbons (Fsp3) is 0.400. The minimum atomic E-state index is 0.770. The van der Waals surface area contributed by atoms with E-state index >= 15 is 0 Å². The zero-order valence-corrected chi connectivity index (χ0v) is 10.9. The van der Waals surface area contributed by atoms with Crippen LogP contribution in [0.4, 0.5) is 0 Å². The Morgan fingerprint density at radius 1 is 1.39 bits per heavy atom. The first-order valence-corrected chi connectivity index (χ1v) is 6.58. The van der Waals surface area contributed by atoms with Gasteiger partial charge in [-0.3, -0.25) is 4.99 Å². The largest absolute Gasteiger partial charge is 0.494 e. The monoisotopic (exact) mass is 242 g/mol. The number of ether oxygens (including phenoxy) is 1. The van der Waals surface area contributed by atoms with E-state index in [0.717, 1.165) is 43.0 Å². The molecular weight excluding hydrogens is 224 g/mol. The van der Waals surface area contributed by atoms with E-state index in [1.807, 2.05) is 0 Å². The lowest BCUT2D eigenvalue weighted by atomic mass is 10.0. The third-order valence-corrected chi connectivity index (χ3v) is 3.42. The van der Waals surface area contributed by atoms with Gasteiger partial charge in [-0.1, -0.05) is 6.92 Å². The van der Waals surface area contributed by atoms with Gasteiger partial charge in [0.25, 0.3) is 0 Å². The Balaban J connectivity index is 2.06. The first-order valence-electron chi connectivity index (χ1n) is 6.58. The van der Waals surface area contributed by atoms with Gasteiger partial charge >= 0.3 is 0 Å². The third-order valence-electron chi connectivity index (χ3n) is 3.42. The van der Waals surface area contributed by atoms with E-state index in [9.17, 15) is 0 Å². The van der Waals surface area contributed by atoms with Crippen molar-refractivity contribution in [1.29, 1.82) is 0 Å². The van der Waals surface area contributed by atoms with E-state index in [2.05, 4.69) is 42.0 Å². The maximum Gasteiger partial charge on any atom is 0.121 e. The summed E-state index contributed by atoms with van der Waals surface area (Å²) in [6.07, 6.45) is 2.06. The average molecular weight is 242 g/mol. The average Bonchev–Trinajstić information content (AvgIpc) is 2.76. The molecule has 0 amide bonds. The summed E-state index contributed by atoms with van der Waals surface area (Å²) in [6, 6.07) is 6.32. The maximum absolute atomic E-state index is 5.67.